The Hall–Kier alpha value is -3.15. The number of ketones is 1. The van der Waals surface area contributed by atoms with Gasteiger partial charge in [0, 0.05) is 43.1 Å². The number of ether oxygens (including phenoxy) is 1. The van der Waals surface area contributed by atoms with E-state index in [1.165, 1.54) is 0 Å². The fourth-order valence-electron chi connectivity index (χ4n) is 3.55. The molecule has 6 nitrogen and oxygen atoms in total. The molecule has 1 N–H and O–H groups in total. The van der Waals surface area contributed by atoms with E-state index in [4.69, 9.17) is 4.74 Å². The second kappa shape index (κ2) is 10.1. The molecular formula is C24H28N2O4. The third kappa shape index (κ3) is 5.69. The molecule has 0 spiro atoms. The van der Waals surface area contributed by atoms with Crippen molar-refractivity contribution in [3.8, 4) is 5.75 Å². The molecule has 0 saturated carbocycles. The molecule has 1 aliphatic heterocycles. The van der Waals surface area contributed by atoms with Crippen LogP contribution in [0.25, 0.3) is 0 Å². The van der Waals surface area contributed by atoms with Crippen molar-refractivity contribution in [2.75, 3.05) is 20.2 Å². The lowest BCUT2D eigenvalue weighted by Crippen LogP contribution is -2.46. The van der Waals surface area contributed by atoms with Gasteiger partial charge in [-0.05, 0) is 44.0 Å². The molecule has 0 aliphatic carbocycles. The van der Waals surface area contributed by atoms with Crippen molar-refractivity contribution in [2.45, 2.75) is 38.6 Å². The molecule has 6 heteroatoms. The minimum Gasteiger partial charge on any atom is -0.497 e. The Morgan fingerprint density at radius 1 is 0.933 bits per heavy atom. The van der Waals surface area contributed by atoms with Crippen LogP contribution in [-0.4, -0.2) is 48.7 Å². The zero-order valence-corrected chi connectivity index (χ0v) is 17.5. The average Bonchev–Trinajstić information content (AvgIpc) is 2.78. The summed E-state index contributed by atoms with van der Waals surface area (Å²) in [5.41, 5.74) is 2.37. The SMILES string of the molecule is COc1ccc(C(=O)N2CCC(NC(=O)CCC(=O)c3ccc(C)cc3)CC2)cc1. The Kier molecular flexibility index (Phi) is 7.22. The number of nitrogens with zero attached hydrogens (tertiary/aromatic N) is 1. The number of hydrogen-bond donors (Lipinski definition) is 1. The first-order valence-electron chi connectivity index (χ1n) is 10.3. The van der Waals surface area contributed by atoms with Crippen LogP contribution in [0.5, 0.6) is 5.75 Å². The molecule has 2 aromatic rings. The smallest absolute Gasteiger partial charge is 0.253 e. The standard InChI is InChI=1S/C24H28N2O4/c1-17-3-5-18(6-4-17)22(27)11-12-23(28)25-20-13-15-26(16-14-20)24(29)19-7-9-21(30-2)10-8-19/h3-10,20H,11-16H2,1-2H3,(H,25,28). The molecule has 0 radical (unpaired) electrons. The van der Waals surface area contributed by atoms with E-state index >= 15 is 0 Å². The van der Waals surface area contributed by atoms with Gasteiger partial charge in [-0.3, -0.25) is 14.4 Å². The van der Waals surface area contributed by atoms with Crippen molar-refractivity contribution in [1.29, 1.82) is 0 Å². The molecule has 158 valence electrons. The number of Topliss-reactive ketones (excluding diaryl/α,β-unsaturated/α-hetero) is 1. The molecule has 0 bridgehead atoms. The lowest BCUT2D eigenvalue weighted by Gasteiger charge is -2.32. The number of nitrogens with one attached hydrogen (secondary N) is 1. The van der Waals surface area contributed by atoms with Crippen LogP contribution in [0, 0.1) is 6.92 Å². The molecule has 0 aromatic heterocycles. The second-order valence-electron chi connectivity index (χ2n) is 7.65. The number of rotatable bonds is 7. The van der Waals surface area contributed by atoms with Crippen molar-refractivity contribution < 1.29 is 19.1 Å². The number of piperidine rings is 1. The van der Waals surface area contributed by atoms with Gasteiger partial charge in [0.1, 0.15) is 5.75 Å². The molecule has 1 saturated heterocycles. The Bertz CT molecular complexity index is 882. The summed E-state index contributed by atoms with van der Waals surface area (Å²) in [5, 5.41) is 3.00. The molecule has 1 fully saturated rings. The van der Waals surface area contributed by atoms with E-state index in [1.807, 2.05) is 24.0 Å². The van der Waals surface area contributed by atoms with Gasteiger partial charge in [-0.25, -0.2) is 0 Å². The van der Waals surface area contributed by atoms with Gasteiger partial charge in [-0.15, -0.1) is 0 Å². The third-order valence-electron chi connectivity index (χ3n) is 5.44. The average molecular weight is 408 g/mol. The lowest BCUT2D eigenvalue weighted by atomic mass is 10.0. The third-order valence-corrected chi connectivity index (χ3v) is 5.44. The predicted molar refractivity (Wildman–Crippen MR) is 115 cm³/mol. The van der Waals surface area contributed by atoms with Gasteiger partial charge in [-0.1, -0.05) is 29.8 Å². The van der Waals surface area contributed by atoms with E-state index in [1.54, 1.807) is 43.5 Å². The van der Waals surface area contributed by atoms with Crippen molar-refractivity contribution >= 4 is 17.6 Å². The van der Waals surface area contributed by atoms with Crippen molar-refractivity contribution in [1.82, 2.24) is 10.2 Å². The fraction of sp³-hybridized carbons (Fsp3) is 0.375. The van der Waals surface area contributed by atoms with Gasteiger partial charge in [0.15, 0.2) is 5.78 Å². The van der Waals surface area contributed by atoms with Crippen LogP contribution >= 0.6 is 0 Å². The maximum atomic E-state index is 12.6. The zero-order chi connectivity index (χ0) is 21.5. The van der Waals surface area contributed by atoms with Crippen molar-refractivity contribution in [2.24, 2.45) is 0 Å². The minimum absolute atomic E-state index is 0.00822. The van der Waals surface area contributed by atoms with E-state index in [9.17, 15) is 14.4 Å². The summed E-state index contributed by atoms with van der Waals surface area (Å²) in [7, 11) is 1.59. The first-order valence-corrected chi connectivity index (χ1v) is 10.3. The number of carbonyl (C=O) groups excluding carboxylic acids is 3. The van der Waals surface area contributed by atoms with Gasteiger partial charge in [0.25, 0.3) is 5.91 Å². The minimum atomic E-state index is -0.115. The topological polar surface area (TPSA) is 75.7 Å². The van der Waals surface area contributed by atoms with Crippen LogP contribution in [0.3, 0.4) is 0 Å². The Morgan fingerprint density at radius 3 is 2.13 bits per heavy atom. The number of likely N-dealkylation sites (tertiary alicyclic amines) is 1. The lowest BCUT2D eigenvalue weighted by molar-refractivity contribution is -0.122. The number of hydrogen-bond acceptors (Lipinski definition) is 4. The summed E-state index contributed by atoms with van der Waals surface area (Å²) in [6.07, 6.45) is 1.79. The molecule has 3 rings (SSSR count). The van der Waals surface area contributed by atoms with Gasteiger partial charge >= 0.3 is 0 Å². The number of methoxy groups -OCH3 is 1. The molecular weight excluding hydrogens is 380 g/mol. The summed E-state index contributed by atoms with van der Waals surface area (Å²) in [6.45, 7) is 3.16. The van der Waals surface area contributed by atoms with Crippen molar-refractivity contribution in [3.63, 3.8) is 0 Å². The van der Waals surface area contributed by atoms with Gasteiger partial charge in [0.2, 0.25) is 5.91 Å². The summed E-state index contributed by atoms with van der Waals surface area (Å²) in [5.74, 6) is 0.570. The molecule has 1 aliphatic rings. The highest BCUT2D eigenvalue weighted by molar-refractivity contribution is 5.98. The van der Waals surface area contributed by atoms with Gasteiger partial charge < -0.3 is 15.0 Å². The van der Waals surface area contributed by atoms with E-state index in [0.29, 0.717) is 42.8 Å². The largest absolute Gasteiger partial charge is 0.497 e. The Balaban J connectivity index is 1.41. The molecule has 0 unspecified atom stereocenters. The normalized spacial score (nSPS) is 14.3. The number of amides is 2. The molecule has 2 amide bonds. The Morgan fingerprint density at radius 2 is 1.53 bits per heavy atom. The number of benzene rings is 2. The van der Waals surface area contributed by atoms with Gasteiger partial charge in [-0.2, -0.15) is 0 Å². The van der Waals surface area contributed by atoms with Crippen LogP contribution in [0.4, 0.5) is 0 Å². The second-order valence-corrected chi connectivity index (χ2v) is 7.65. The van der Waals surface area contributed by atoms with Crippen LogP contribution < -0.4 is 10.1 Å². The predicted octanol–water partition coefficient (Wildman–Crippen LogP) is 3.39. The summed E-state index contributed by atoms with van der Waals surface area (Å²) in [4.78, 5) is 38.9. The number of aryl methyl sites for hydroxylation is 1. The van der Waals surface area contributed by atoms with Crippen molar-refractivity contribution in [3.05, 3.63) is 65.2 Å². The van der Waals surface area contributed by atoms with E-state index in [-0.39, 0.29) is 36.5 Å². The van der Waals surface area contributed by atoms with Gasteiger partial charge in [0.05, 0.1) is 7.11 Å². The number of carbonyl (C=O) groups is 3. The summed E-state index contributed by atoms with van der Waals surface area (Å²) >= 11 is 0. The maximum absolute atomic E-state index is 12.6. The van der Waals surface area contributed by atoms with E-state index in [0.717, 1.165) is 5.56 Å². The molecule has 1 heterocycles. The summed E-state index contributed by atoms with van der Waals surface area (Å²) in [6, 6.07) is 14.5. The quantitative estimate of drug-likeness (QED) is 0.713. The van der Waals surface area contributed by atoms with E-state index < -0.39 is 0 Å². The van der Waals surface area contributed by atoms with Crippen LogP contribution in [0.15, 0.2) is 48.5 Å². The fourth-order valence-corrected chi connectivity index (χ4v) is 3.55. The highest BCUT2D eigenvalue weighted by Gasteiger charge is 2.24. The van der Waals surface area contributed by atoms with Crippen LogP contribution in [0.2, 0.25) is 0 Å². The Labute approximate surface area is 177 Å². The van der Waals surface area contributed by atoms with E-state index in [2.05, 4.69) is 5.32 Å². The summed E-state index contributed by atoms with van der Waals surface area (Å²) < 4.78 is 5.12. The first-order chi connectivity index (χ1) is 14.5. The maximum Gasteiger partial charge on any atom is 0.253 e. The molecule has 0 atom stereocenters. The van der Waals surface area contributed by atoms with Crippen LogP contribution in [-0.2, 0) is 4.79 Å². The molecule has 30 heavy (non-hydrogen) atoms. The highest BCUT2D eigenvalue weighted by Crippen LogP contribution is 2.17. The zero-order valence-electron chi connectivity index (χ0n) is 17.5. The monoisotopic (exact) mass is 408 g/mol. The highest BCUT2D eigenvalue weighted by atomic mass is 16.5. The molecule has 2 aromatic carbocycles. The van der Waals surface area contributed by atoms with Crippen LogP contribution in [0.1, 0.15) is 52.0 Å². The first kappa shape index (κ1) is 21.6.